The summed E-state index contributed by atoms with van der Waals surface area (Å²) in [5.74, 6) is -1.47. The van der Waals surface area contributed by atoms with E-state index >= 15 is 0 Å². The van der Waals surface area contributed by atoms with Crippen molar-refractivity contribution in [3.05, 3.63) is 0 Å². The lowest BCUT2D eigenvalue weighted by Gasteiger charge is -2.20. The monoisotopic (exact) mass is 229 g/mol. The van der Waals surface area contributed by atoms with Crippen molar-refractivity contribution in [1.82, 2.24) is 4.31 Å². The number of hydrogen-bond donors (Lipinski definition) is 1. The van der Waals surface area contributed by atoms with E-state index in [0.717, 1.165) is 0 Å². The number of nitrogens with zero attached hydrogens (tertiary/aromatic N) is 1. The maximum Gasteiger partial charge on any atom is 0.362 e. The van der Waals surface area contributed by atoms with Gasteiger partial charge < -0.3 is 0 Å². The van der Waals surface area contributed by atoms with Crippen molar-refractivity contribution in [1.29, 1.82) is 0 Å². The van der Waals surface area contributed by atoms with Gasteiger partial charge in [-0.1, -0.05) is 0 Å². The molecule has 0 saturated heterocycles. The van der Waals surface area contributed by atoms with Crippen LogP contribution in [0.1, 0.15) is 13.8 Å². The molecule has 0 heterocycles. The number of rotatable bonds is 3. The number of hydrogen-bond acceptors (Lipinski definition) is 4. The highest BCUT2D eigenvalue weighted by molar-refractivity contribution is 7.84. The van der Waals surface area contributed by atoms with Crippen molar-refractivity contribution in [2.45, 2.75) is 19.9 Å². The van der Waals surface area contributed by atoms with Gasteiger partial charge in [0.05, 0.1) is 0 Å². The molecule has 0 aliphatic heterocycles. The summed E-state index contributed by atoms with van der Waals surface area (Å²) < 4.78 is 29.7. The van der Waals surface area contributed by atoms with Gasteiger partial charge in [-0.3, -0.25) is 14.1 Å². The van der Waals surface area contributed by atoms with E-state index in [2.05, 4.69) is 0 Å². The third-order valence-corrected chi connectivity index (χ3v) is 2.33. The summed E-state index contributed by atoms with van der Waals surface area (Å²) >= 11 is 4.77. The first kappa shape index (κ1) is 12.3. The summed E-state index contributed by atoms with van der Waals surface area (Å²) in [4.78, 5) is 21.2. The minimum Gasteiger partial charge on any atom is -0.270 e. The minimum atomic E-state index is -4.73. The molecule has 6 nitrogen and oxygen atoms in total. The quantitative estimate of drug-likeness (QED) is 0.411. The van der Waals surface area contributed by atoms with Gasteiger partial charge in [0, 0.05) is 6.04 Å². The molecule has 0 unspecified atom stereocenters. The predicted octanol–water partition coefficient (Wildman–Crippen LogP) is -0.208. The summed E-state index contributed by atoms with van der Waals surface area (Å²) in [6, 6.07) is -0.870. The van der Waals surface area contributed by atoms with Gasteiger partial charge in [-0.05, 0) is 25.4 Å². The van der Waals surface area contributed by atoms with Crippen LogP contribution in [0.3, 0.4) is 0 Å². The Balaban J connectivity index is 5.07. The van der Waals surface area contributed by atoms with E-state index in [1.807, 2.05) is 0 Å². The lowest BCUT2D eigenvalue weighted by atomic mass is 10.4. The number of amides is 1. The fourth-order valence-corrected chi connectivity index (χ4v) is 1.66. The van der Waals surface area contributed by atoms with Gasteiger partial charge >= 0.3 is 21.5 Å². The topological polar surface area (TPSA) is 91.8 Å². The zero-order valence-electron chi connectivity index (χ0n) is 6.89. The predicted molar refractivity (Wildman–Crippen MR) is 44.4 cm³/mol. The van der Waals surface area contributed by atoms with Crippen LogP contribution < -0.4 is 0 Å². The molecule has 0 rings (SSSR count). The smallest absolute Gasteiger partial charge is 0.270 e. The second-order valence-corrected chi connectivity index (χ2v) is 4.08. The first-order valence-electron chi connectivity index (χ1n) is 3.18. The molecule has 0 radical (unpaired) electrons. The third-order valence-electron chi connectivity index (χ3n) is 1.09. The van der Waals surface area contributed by atoms with E-state index in [9.17, 15) is 18.0 Å². The molecule has 0 aromatic rings. The Morgan fingerprint density at radius 3 is 1.85 bits per heavy atom. The van der Waals surface area contributed by atoms with Gasteiger partial charge in [-0.2, -0.15) is 8.42 Å². The number of carbonyl (C=O) groups excluding carboxylic acids is 2. The molecule has 0 aliphatic carbocycles. The van der Waals surface area contributed by atoms with Gasteiger partial charge in [0.2, 0.25) is 0 Å². The fourth-order valence-electron chi connectivity index (χ4n) is 0.692. The molecule has 0 aromatic carbocycles. The maximum atomic E-state index is 10.8. The Morgan fingerprint density at radius 2 is 1.77 bits per heavy atom. The van der Waals surface area contributed by atoms with E-state index in [1.54, 1.807) is 0 Å². The van der Waals surface area contributed by atoms with Crippen LogP contribution in [0.25, 0.3) is 0 Å². The fraction of sp³-hybridized carbons (Fsp3) is 0.600. The highest BCUT2D eigenvalue weighted by Crippen LogP contribution is 2.06. The lowest BCUT2D eigenvalue weighted by Crippen LogP contribution is -2.43. The van der Waals surface area contributed by atoms with Crippen LogP contribution in [-0.4, -0.2) is 34.5 Å². The van der Waals surface area contributed by atoms with E-state index < -0.39 is 27.5 Å². The molecule has 0 fully saturated rings. The number of carbonyl (C=O) groups is 2. The molecule has 0 aliphatic rings. The van der Waals surface area contributed by atoms with E-state index in [0.29, 0.717) is 0 Å². The highest BCUT2D eigenvalue weighted by atomic mass is 35.5. The lowest BCUT2D eigenvalue weighted by molar-refractivity contribution is -0.138. The first-order chi connectivity index (χ1) is 5.68. The first-order valence-corrected chi connectivity index (χ1v) is 4.96. The van der Waals surface area contributed by atoms with Crippen LogP contribution in [0.4, 0.5) is 0 Å². The van der Waals surface area contributed by atoms with Gasteiger partial charge in [0.1, 0.15) is 0 Å². The Hall–Kier alpha value is -0.660. The van der Waals surface area contributed by atoms with E-state index in [-0.39, 0.29) is 4.31 Å². The second kappa shape index (κ2) is 4.03. The van der Waals surface area contributed by atoms with Crippen molar-refractivity contribution in [2.24, 2.45) is 0 Å². The summed E-state index contributed by atoms with van der Waals surface area (Å²) in [6.07, 6.45) is 0. The molecular formula is C5H8ClNO5S. The molecule has 0 atom stereocenters. The molecule has 76 valence electrons. The van der Waals surface area contributed by atoms with Crippen molar-refractivity contribution in [3.8, 4) is 0 Å². The van der Waals surface area contributed by atoms with Gasteiger partial charge in [0.15, 0.2) is 0 Å². The summed E-state index contributed by atoms with van der Waals surface area (Å²) in [6.45, 7) is 2.62. The Labute approximate surface area is 80.3 Å². The SMILES string of the molecule is CC(C)N(C(=O)C(=O)Cl)S(=O)(=O)O. The largest absolute Gasteiger partial charge is 0.362 e. The normalized spacial score (nSPS) is 11.5. The molecule has 13 heavy (non-hydrogen) atoms. The number of halogens is 1. The summed E-state index contributed by atoms with van der Waals surface area (Å²) in [7, 11) is -4.73. The van der Waals surface area contributed by atoms with Crippen LogP contribution in [0.15, 0.2) is 0 Å². The Morgan fingerprint density at radius 1 is 1.38 bits per heavy atom. The molecular weight excluding hydrogens is 222 g/mol. The third kappa shape index (κ3) is 3.29. The van der Waals surface area contributed by atoms with Crippen LogP contribution in [0, 0.1) is 0 Å². The average molecular weight is 230 g/mol. The summed E-state index contributed by atoms with van der Waals surface area (Å²) in [5, 5.41) is -1.47. The van der Waals surface area contributed by atoms with Crippen LogP contribution in [0.5, 0.6) is 0 Å². The average Bonchev–Trinajstić information content (AvgIpc) is 1.82. The van der Waals surface area contributed by atoms with E-state index in [4.69, 9.17) is 16.2 Å². The molecule has 0 aromatic heterocycles. The molecule has 1 amide bonds. The zero-order chi connectivity index (χ0) is 10.8. The van der Waals surface area contributed by atoms with Crippen molar-refractivity contribution in [3.63, 3.8) is 0 Å². The molecule has 0 bridgehead atoms. The Kier molecular flexibility index (Phi) is 3.83. The second-order valence-electron chi connectivity index (χ2n) is 2.45. The maximum absolute atomic E-state index is 10.8. The van der Waals surface area contributed by atoms with Crippen molar-refractivity contribution >= 4 is 33.1 Å². The Bertz CT molecular complexity index is 322. The summed E-state index contributed by atoms with van der Waals surface area (Å²) in [5.41, 5.74) is 0. The van der Waals surface area contributed by atoms with Crippen LogP contribution in [-0.2, 0) is 19.9 Å². The van der Waals surface area contributed by atoms with Gasteiger partial charge in [-0.25, -0.2) is 4.31 Å². The van der Waals surface area contributed by atoms with Crippen molar-refractivity contribution in [2.75, 3.05) is 0 Å². The molecule has 0 saturated carbocycles. The van der Waals surface area contributed by atoms with Crippen molar-refractivity contribution < 1.29 is 22.6 Å². The zero-order valence-corrected chi connectivity index (χ0v) is 8.46. The highest BCUT2D eigenvalue weighted by Gasteiger charge is 2.31. The van der Waals surface area contributed by atoms with Crippen LogP contribution in [0.2, 0.25) is 0 Å². The van der Waals surface area contributed by atoms with Gasteiger partial charge in [-0.15, -0.1) is 0 Å². The molecule has 0 spiro atoms. The van der Waals surface area contributed by atoms with E-state index in [1.165, 1.54) is 13.8 Å². The van der Waals surface area contributed by atoms with Gasteiger partial charge in [0.25, 0.3) is 0 Å². The minimum absolute atomic E-state index is 0.00231. The standard InChI is InChI=1S/C5H8ClNO5S/c1-3(2)7(13(10,11)12)5(9)4(6)8/h3H,1-2H3,(H,10,11,12). The van der Waals surface area contributed by atoms with Crippen LogP contribution >= 0.6 is 11.6 Å². The molecule has 1 N–H and O–H groups in total. The molecule has 8 heteroatoms.